The molecule has 0 radical (unpaired) electrons. The average Bonchev–Trinajstić information content (AvgIpc) is 3.26. The van der Waals surface area contributed by atoms with E-state index in [0.717, 1.165) is 30.9 Å². The predicted molar refractivity (Wildman–Crippen MR) is 133 cm³/mol. The maximum atomic E-state index is 12.6. The molecule has 0 atom stereocenters. The molecule has 30 heavy (non-hydrogen) atoms. The van der Waals surface area contributed by atoms with Gasteiger partial charge in [0.2, 0.25) is 10.0 Å². The minimum absolute atomic E-state index is 0. The summed E-state index contributed by atoms with van der Waals surface area (Å²) in [6.45, 7) is 7.29. The molecule has 1 saturated heterocycles. The van der Waals surface area contributed by atoms with E-state index in [2.05, 4.69) is 40.7 Å². The second-order valence-electron chi connectivity index (χ2n) is 7.29. The van der Waals surface area contributed by atoms with E-state index in [-0.39, 0.29) is 24.0 Å². The van der Waals surface area contributed by atoms with Crippen LogP contribution in [0.3, 0.4) is 0 Å². The molecular formula is C22H31IN4O2S. The van der Waals surface area contributed by atoms with Crippen molar-refractivity contribution in [3.8, 4) is 0 Å². The Morgan fingerprint density at radius 1 is 1.03 bits per heavy atom. The number of hydrogen-bond acceptors (Lipinski definition) is 3. The van der Waals surface area contributed by atoms with Crippen molar-refractivity contribution < 1.29 is 8.42 Å². The zero-order chi connectivity index (χ0) is 20.7. The molecule has 1 heterocycles. The van der Waals surface area contributed by atoms with Crippen molar-refractivity contribution in [1.29, 1.82) is 0 Å². The number of hydrogen-bond donors (Lipinski definition) is 2. The van der Waals surface area contributed by atoms with Crippen LogP contribution in [0.5, 0.6) is 0 Å². The third-order valence-corrected chi connectivity index (χ3v) is 6.85. The summed E-state index contributed by atoms with van der Waals surface area (Å²) in [5, 5.41) is 6.56. The largest absolute Gasteiger partial charge is 0.357 e. The summed E-state index contributed by atoms with van der Waals surface area (Å²) in [6, 6.07) is 15.4. The number of nitrogens with zero attached hydrogens (tertiary/aromatic N) is 2. The van der Waals surface area contributed by atoms with Crippen molar-refractivity contribution in [2.24, 2.45) is 4.99 Å². The van der Waals surface area contributed by atoms with Crippen molar-refractivity contribution in [3.05, 3.63) is 65.2 Å². The molecule has 0 bridgehead atoms. The lowest BCUT2D eigenvalue weighted by Crippen LogP contribution is -2.36. The molecule has 0 spiro atoms. The Bertz CT molecular complexity index is 940. The topological polar surface area (TPSA) is 73.8 Å². The van der Waals surface area contributed by atoms with Gasteiger partial charge in [-0.25, -0.2) is 13.4 Å². The molecule has 164 valence electrons. The van der Waals surface area contributed by atoms with Gasteiger partial charge in [-0.15, -0.1) is 24.0 Å². The van der Waals surface area contributed by atoms with Crippen LogP contribution in [0.2, 0.25) is 0 Å². The van der Waals surface area contributed by atoms with Gasteiger partial charge in [0.1, 0.15) is 0 Å². The number of halogens is 1. The van der Waals surface area contributed by atoms with Gasteiger partial charge in [-0.3, -0.25) is 0 Å². The molecule has 2 aromatic rings. The first kappa shape index (κ1) is 24.6. The number of rotatable bonds is 7. The maximum Gasteiger partial charge on any atom is 0.243 e. The van der Waals surface area contributed by atoms with E-state index in [0.29, 0.717) is 31.1 Å². The van der Waals surface area contributed by atoms with Crippen LogP contribution < -0.4 is 10.6 Å². The second-order valence-corrected chi connectivity index (χ2v) is 9.23. The Labute approximate surface area is 197 Å². The number of benzene rings is 2. The molecule has 1 fully saturated rings. The zero-order valence-electron chi connectivity index (χ0n) is 17.6. The molecule has 6 nitrogen and oxygen atoms in total. The summed E-state index contributed by atoms with van der Waals surface area (Å²) in [4.78, 5) is 5.00. The quantitative estimate of drug-likeness (QED) is 0.318. The maximum absolute atomic E-state index is 12.6. The molecule has 3 rings (SSSR count). The molecule has 0 amide bonds. The normalized spacial score (nSPS) is 14.9. The van der Waals surface area contributed by atoms with Crippen molar-refractivity contribution in [2.45, 2.75) is 44.7 Å². The molecule has 2 aromatic carbocycles. The number of guanidine groups is 1. The molecule has 0 aliphatic carbocycles. The van der Waals surface area contributed by atoms with Gasteiger partial charge in [0.05, 0.1) is 11.4 Å². The van der Waals surface area contributed by atoms with Gasteiger partial charge in [0.15, 0.2) is 5.96 Å². The minimum atomic E-state index is -3.36. The van der Waals surface area contributed by atoms with E-state index in [4.69, 9.17) is 0 Å². The molecular weight excluding hydrogens is 511 g/mol. The fourth-order valence-electron chi connectivity index (χ4n) is 3.37. The monoisotopic (exact) mass is 542 g/mol. The van der Waals surface area contributed by atoms with E-state index < -0.39 is 10.0 Å². The van der Waals surface area contributed by atoms with Gasteiger partial charge in [-0.2, -0.15) is 4.31 Å². The van der Waals surface area contributed by atoms with Gasteiger partial charge in [-0.05, 0) is 49.9 Å². The number of nitrogens with one attached hydrogen (secondary N) is 2. The summed E-state index contributed by atoms with van der Waals surface area (Å²) < 4.78 is 26.8. The number of sulfonamides is 1. The molecule has 8 heteroatoms. The van der Waals surface area contributed by atoms with Gasteiger partial charge in [0.25, 0.3) is 0 Å². The van der Waals surface area contributed by atoms with Crippen molar-refractivity contribution in [3.63, 3.8) is 0 Å². The van der Waals surface area contributed by atoms with Gasteiger partial charge in [0, 0.05) is 26.2 Å². The highest BCUT2D eigenvalue weighted by Gasteiger charge is 2.26. The van der Waals surface area contributed by atoms with Gasteiger partial charge in [-0.1, -0.05) is 42.0 Å². The minimum Gasteiger partial charge on any atom is -0.357 e. The van der Waals surface area contributed by atoms with Crippen LogP contribution in [0, 0.1) is 6.92 Å². The Balaban J connectivity index is 0.00000320. The predicted octanol–water partition coefficient (Wildman–Crippen LogP) is 3.65. The highest BCUT2D eigenvalue weighted by molar-refractivity contribution is 14.0. The molecule has 1 aliphatic heterocycles. The smallest absolute Gasteiger partial charge is 0.243 e. The first-order chi connectivity index (χ1) is 14.0. The van der Waals surface area contributed by atoms with Crippen LogP contribution in [0.15, 0.2) is 58.4 Å². The van der Waals surface area contributed by atoms with Crippen molar-refractivity contribution >= 4 is 40.0 Å². The van der Waals surface area contributed by atoms with Crippen molar-refractivity contribution in [2.75, 3.05) is 19.6 Å². The Kier molecular flexibility index (Phi) is 9.57. The summed E-state index contributed by atoms with van der Waals surface area (Å²) in [5.41, 5.74) is 3.39. The third-order valence-electron chi connectivity index (χ3n) is 4.93. The highest BCUT2D eigenvalue weighted by atomic mass is 127. The zero-order valence-corrected chi connectivity index (χ0v) is 20.7. The van der Waals surface area contributed by atoms with E-state index in [1.54, 1.807) is 16.4 Å². The summed E-state index contributed by atoms with van der Waals surface area (Å²) in [5.74, 6) is 0.739. The number of aryl methyl sites for hydroxylation is 1. The van der Waals surface area contributed by atoms with Crippen LogP contribution in [0.1, 0.15) is 36.5 Å². The fraction of sp³-hybridized carbons (Fsp3) is 0.409. The van der Waals surface area contributed by atoms with Gasteiger partial charge < -0.3 is 10.6 Å². The van der Waals surface area contributed by atoms with Crippen LogP contribution in [0.25, 0.3) is 0 Å². The molecule has 1 aliphatic rings. The van der Waals surface area contributed by atoms with Crippen LogP contribution in [0.4, 0.5) is 0 Å². The number of aliphatic imine (C=N–C) groups is 1. The van der Waals surface area contributed by atoms with E-state index in [9.17, 15) is 8.42 Å². The first-order valence-electron chi connectivity index (χ1n) is 10.2. The van der Waals surface area contributed by atoms with Crippen molar-refractivity contribution in [1.82, 2.24) is 14.9 Å². The van der Waals surface area contributed by atoms with Gasteiger partial charge >= 0.3 is 0 Å². The van der Waals surface area contributed by atoms with Crippen LogP contribution >= 0.6 is 24.0 Å². The highest BCUT2D eigenvalue weighted by Crippen LogP contribution is 2.21. The fourth-order valence-corrected chi connectivity index (χ4v) is 4.88. The van der Waals surface area contributed by atoms with Crippen LogP contribution in [-0.2, 0) is 23.1 Å². The molecule has 2 N–H and O–H groups in total. The molecule has 0 unspecified atom stereocenters. The Morgan fingerprint density at radius 2 is 1.73 bits per heavy atom. The Morgan fingerprint density at radius 3 is 2.37 bits per heavy atom. The lowest BCUT2D eigenvalue weighted by molar-refractivity contribution is 0.477. The molecule has 0 aromatic heterocycles. The third kappa shape index (κ3) is 6.68. The van der Waals surface area contributed by atoms with E-state index in [1.165, 1.54) is 11.1 Å². The van der Waals surface area contributed by atoms with E-state index >= 15 is 0 Å². The van der Waals surface area contributed by atoms with Crippen LogP contribution in [-0.4, -0.2) is 38.3 Å². The lowest BCUT2D eigenvalue weighted by atomic mass is 10.1. The summed E-state index contributed by atoms with van der Waals surface area (Å²) in [7, 11) is -3.36. The second kappa shape index (κ2) is 11.7. The Hall–Kier alpha value is -1.65. The lowest BCUT2D eigenvalue weighted by Gasteiger charge is -2.16. The summed E-state index contributed by atoms with van der Waals surface area (Å²) in [6.07, 6.45) is 1.88. The first-order valence-corrected chi connectivity index (χ1v) is 11.6. The standard InChI is InChI=1S/C22H30N4O2S.HI/c1-3-23-22(25-17-20-8-6-7-18(2)15-20)24-16-19-9-11-21(12-10-19)29(27,28)26-13-4-5-14-26;/h6-12,15H,3-5,13-14,16-17H2,1-2H3,(H2,23,24,25);1H. The SMILES string of the molecule is CCNC(=NCc1cccc(C)c1)NCc1ccc(S(=O)(=O)N2CCCC2)cc1.I. The van der Waals surface area contributed by atoms with E-state index in [1.807, 2.05) is 25.1 Å². The average molecular weight is 542 g/mol. The molecule has 0 saturated carbocycles. The summed E-state index contributed by atoms with van der Waals surface area (Å²) >= 11 is 0.